The van der Waals surface area contributed by atoms with E-state index in [-0.39, 0.29) is 17.5 Å². The summed E-state index contributed by atoms with van der Waals surface area (Å²) < 4.78 is 4.92. The van der Waals surface area contributed by atoms with Crippen molar-refractivity contribution in [2.45, 2.75) is 31.7 Å². The zero-order valence-electron chi connectivity index (χ0n) is 15.6. The number of hydrogen-bond acceptors (Lipinski definition) is 6. The second-order valence-corrected chi connectivity index (χ2v) is 7.54. The molecule has 3 N–H and O–H groups in total. The Morgan fingerprint density at radius 3 is 2.41 bits per heavy atom. The molecule has 1 heterocycles. The Morgan fingerprint density at radius 2 is 1.76 bits per heavy atom. The first-order valence-corrected chi connectivity index (χ1v) is 10.1. The van der Waals surface area contributed by atoms with Crippen LogP contribution >= 0.6 is 11.3 Å². The van der Waals surface area contributed by atoms with Crippen LogP contribution in [-0.2, 0) is 9.53 Å². The van der Waals surface area contributed by atoms with Gasteiger partial charge in [-0.2, -0.15) is 0 Å². The van der Waals surface area contributed by atoms with Crippen molar-refractivity contribution in [1.29, 1.82) is 0 Å². The summed E-state index contributed by atoms with van der Waals surface area (Å²) in [6, 6.07) is 9.11. The SMILES string of the molecule is O=C(COC(=O)c1ccc(NC(=O)c2cccs2)cc1)NC(=O)NC1CCCC1. The molecule has 1 aliphatic rings. The molecule has 9 heteroatoms. The number of amides is 4. The predicted molar refractivity (Wildman–Crippen MR) is 108 cm³/mol. The first-order chi connectivity index (χ1) is 14.0. The van der Waals surface area contributed by atoms with Gasteiger partial charge in [-0.3, -0.25) is 14.9 Å². The van der Waals surface area contributed by atoms with Gasteiger partial charge in [0, 0.05) is 11.7 Å². The van der Waals surface area contributed by atoms with E-state index >= 15 is 0 Å². The molecule has 4 amide bonds. The maximum absolute atomic E-state index is 12.0. The van der Waals surface area contributed by atoms with E-state index in [1.807, 2.05) is 5.38 Å². The van der Waals surface area contributed by atoms with Crippen LogP contribution in [0.3, 0.4) is 0 Å². The normalized spacial score (nSPS) is 13.5. The molecular weight excluding hydrogens is 394 g/mol. The molecule has 8 nitrogen and oxygen atoms in total. The first kappa shape index (κ1) is 20.5. The summed E-state index contributed by atoms with van der Waals surface area (Å²) in [6.45, 7) is -0.562. The second-order valence-electron chi connectivity index (χ2n) is 6.59. The smallest absolute Gasteiger partial charge is 0.338 e. The Balaban J connectivity index is 1.42. The molecule has 1 saturated carbocycles. The maximum atomic E-state index is 12.0. The van der Waals surface area contributed by atoms with Crippen molar-refractivity contribution in [3.63, 3.8) is 0 Å². The Morgan fingerprint density at radius 1 is 1.03 bits per heavy atom. The van der Waals surface area contributed by atoms with Crippen LogP contribution in [0.2, 0.25) is 0 Å². The number of urea groups is 1. The summed E-state index contributed by atoms with van der Waals surface area (Å²) in [4.78, 5) is 48.1. The Bertz CT molecular complexity index is 874. The van der Waals surface area contributed by atoms with Crippen LogP contribution in [-0.4, -0.2) is 36.5 Å². The largest absolute Gasteiger partial charge is 0.452 e. The standard InChI is InChI=1S/C20H21N3O5S/c24-17(23-20(27)22-14-4-1-2-5-14)12-28-19(26)13-7-9-15(10-8-13)21-18(25)16-6-3-11-29-16/h3,6-11,14H,1-2,4-5,12H2,(H,21,25)(H2,22,23,24,27). The highest BCUT2D eigenvalue weighted by atomic mass is 32.1. The van der Waals surface area contributed by atoms with E-state index in [4.69, 9.17) is 4.74 Å². The van der Waals surface area contributed by atoms with Gasteiger partial charge in [-0.25, -0.2) is 9.59 Å². The molecule has 1 aromatic carbocycles. The van der Waals surface area contributed by atoms with Crippen molar-refractivity contribution in [3.8, 4) is 0 Å². The van der Waals surface area contributed by atoms with E-state index in [0.29, 0.717) is 10.6 Å². The topological polar surface area (TPSA) is 114 Å². The number of nitrogens with one attached hydrogen (secondary N) is 3. The van der Waals surface area contributed by atoms with Gasteiger partial charge in [-0.1, -0.05) is 18.9 Å². The van der Waals surface area contributed by atoms with Crippen molar-refractivity contribution < 1.29 is 23.9 Å². The fraction of sp³-hybridized carbons (Fsp3) is 0.300. The molecule has 0 spiro atoms. The summed E-state index contributed by atoms with van der Waals surface area (Å²) in [5.74, 6) is -1.64. The number of imide groups is 1. The zero-order valence-corrected chi connectivity index (χ0v) is 16.4. The highest BCUT2D eigenvalue weighted by Gasteiger charge is 2.19. The number of rotatable bonds is 6. The van der Waals surface area contributed by atoms with E-state index in [2.05, 4.69) is 16.0 Å². The highest BCUT2D eigenvalue weighted by molar-refractivity contribution is 7.12. The zero-order chi connectivity index (χ0) is 20.6. The van der Waals surface area contributed by atoms with E-state index in [1.54, 1.807) is 24.3 Å². The number of ether oxygens (including phenoxy) is 1. The Hall–Kier alpha value is -3.20. The average Bonchev–Trinajstić information content (AvgIpc) is 3.40. The monoisotopic (exact) mass is 415 g/mol. The minimum atomic E-state index is -0.701. The summed E-state index contributed by atoms with van der Waals surface area (Å²) in [5.41, 5.74) is 0.753. The van der Waals surface area contributed by atoms with Crippen LogP contribution in [0.5, 0.6) is 0 Å². The van der Waals surface area contributed by atoms with Crippen LogP contribution in [0.15, 0.2) is 41.8 Å². The van der Waals surface area contributed by atoms with Crippen LogP contribution in [0.25, 0.3) is 0 Å². The van der Waals surface area contributed by atoms with Crippen LogP contribution in [0.1, 0.15) is 45.7 Å². The molecule has 0 radical (unpaired) electrons. The molecule has 152 valence electrons. The number of thiophene rings is 1. The van der Waals surface area contributed by atoms with Gasteiger partial charge >= 0.3 is 12.0 Å². The average molecular weight is 415 g/mol. The van der Waals surface area contributed by atoms with E-state index in [9.17, 15) is 19.2 Å². The molecule has 0 unspecified atom stereocenters. The third-order valence-corrected chi connectivity index (χ3v) is 5.27. The van der Waals surface area contributed by atoms with Crippen molar-refractivity contribution >= 4 is 40.8 Å². The van der Waals surface area contributed by atoms with Crippen molar-refractivity contribution in [1.82, 2.24) is 10.6 Å². The lowest BCUT2D eigenvalue weighted by atomic mass is 10.2. The van der Waals surface area contributed by atoms with Crippen molar-refractivity contribution in [2.75, 3.05) is 11.9 Å². The number of esters is 1. The van der Waals surface area contributed by atoms with Gasteiger partial charge in [-0.05, 0) is 48.6 Å². The van der Waals surface area contributed by atoms with E-state index in [1.165, 1.54) is 23.5 Å². The van der Waals surface area contributed by atoms with Crippen LogP contribution < -0.4 is 16.0 Å². The number of benzene rings is 1. The number of carbonyl (C=O) groups excluding carboxylic acids is 4. The first-order valence-electron chi connectivity index (χ1n) is 9.23. The molecule has 1 fully saturated rings. The minimum Gasteiger partial charge on any atom is -0.452 e. The molecule has 29 heavy (non-hydrogen) atoms. The summed E-state index contributed by atoms with van der Waals surface area (Å²) in [7, 11) is 0. The molecule has 0 aliphatic heterocycles. The van der Waals surface area contributed by atoms with E-state index < -0.39 is 24.5 Å². The van der Waals surface area contributed by atoms with Gasteiger partial charge in [0.2, 0.25) is 0 Å². The Kier molecular flexibility index (Phi) is 6.96. The third kappa shape index (κ3) is 6.15. The number of anilines is 1. The molecule has 0 atom stereocenters. The third-order valence-electron chi connectivity index (χ3n) is 4.40. The van der Waals surface area contributed by atoms with Gasteiger partial charge in [0.05, 0.1) is 10.4 Å². The van der Waals surface area contributed by atoms with Gasteiger partial charge < -0.3 is 15.4 Å². The van der Waals surface area contributed by atoms with Crippen LogP contribution in [0.4, 0.5) is 10.5 Å². The molecule has 1 aromatic heterocycles. The fourth-order valence-corrected chi connectivity index (χ4v) is 3.58. The minimum absolute atomic E-state index is 0.0872. The molecule has 0 bridgehead atoms. The Labute approximate surface area is 171 Å². The predicted octanol–water partition coefficient (Wildman–Crippen LogP) is 2.93. The highest BCUT2D eigenvalue weighted by Crippen LogP contribution is 2.17. The quantitative estimate of drug-likeness (QED) is 0.628. The van der Waals surface area contributed by atoms with Crippen molar-refractivity contribution in [3.05, 3.63) is 52.2 Å². The summed E-state index contributed by atoms with van der Waals surface area (Å²) in [6.07, 6.45) is 3.93. The molecule has 0 saturated heterocycles. The van der Waals surface area contributed by atoms with Gasteiger partial charge in [0.15, 0.2) is 6.61 Å². The van der Waals surface area contributed by atoms with Crippen LogP contribution in [0, 0.1) is 0 Å². The van der Waals surface area contributed by atoms with Gasteiger partial charge in [0.1, 0.15) is 0 Å². The molecule has 1 aliphatic carbocycles. The molecule has 2 aromatic rings. The van der Waals surface area contributed by atoms with Gasteiger partial charge in [-0.15, -0.1) is 11.3 Å². The summed E-state index contributed by atoms with van der Waals surface area (Å²) in [5, 5.41) is 9.39. The summed E-state index contributed by atoms with van der Waals surface area (Å²) >= 11 is 1.33. The lowest BCUT2D eigenvalue weighted by Crippen LogP contribution is -2.44. The number of hydrogen-bond donors (Lipinski definition) is 3. The second kappa shape index (κ2) is 9.83. The van der Waals surface area contributed by atoms with Crippen molar-refractivity contribution in [2.24, 2.45) is 0 Å². The fourth-order valence-electron chi connectivity index (χ4n) is 2.96. The lowest BCUT2D eigenvalue weighted by Gasteiger charge is -2.12. The van der Waals surface area contributed by atoms with Gasteiger partial charge in [0.25, 0.3) is 11.8 Å². The maximum Gasteiger partial charge on any atom is 0.338 e. The molecule has 3 rings (SSSR count). The number of carbonyl (C=O) groups is 4. The molecular formula is C20H21N3O5S. The van der Waals surface area contributed by atoms with E-state index in [0.717, 1.165) is 25.7 Å². The lowest BCUT2D eigenvalue weighted by molar-refractivity contribution is -0.123.